The van der Waals surface area contributed by atoms with Crippen LogP contribution < -0.4 is 0 Å². The third-order valence-corrected chi connectivity index (χ3v) is 10.3. The first kappa shape index (κ1) is 28.7. The summed E-state index contributed by atoms with van der Waals surface area (Å²) in [6.07, 6.45) is 0. The molecule has 0 aliphatic rings. The highest BCUT2D eigenvalue weighted by Gasteiger charge is 2.21. The molecule has 0 N–H and O–H groups in total. The number of benzene rings is 7. The number of pyridine rings is 1. The van der Waals surface area contributed by atoms with E-state index in [1.807, 2.05) is 24.3 Å². The smallest absolute Gasteiger partial charge is 0.160 e. The Balaban J connectivity index is 1.17. The first-order chi connectivity index (χ1) is 25.8. The van der Waals surface area contributed by atoms with Gasteiger partial charge in [0.2, 0.25) is 0 Å². The van der Waals surface area contributed by atoms with Gasteiger partial charge in [0.05, 0.1) is 44.2 Å². The van der Waals surface area contributed by atoms with Crippen molar-refractivity contribution in [1.82, 2.24) is 23.9 Å². The van der Waals surface area contributed by atoms with Crippen LogP contribution in [0.15, 0.2) is 176 Å². The normalized spacial score (nSPS) is 11.8. The Hall–Kier alpha value is -7.11. The molecule has 7 aromatic carbocycles. The fraction of sp³-hybridized carbons (Fsp3) is 0. The van der Waals surface area contributed by atoms with Gasteiger partial charge >= 0.3 is 0 Å². The summed E-state index contributed by atoms with van der Waals surface area (Å²) in [5, 5.41) is 4.46. The first-order valence-electron chi connectivity index (χ1n) is 17.5. The maximum Gasteiger partial charge on any atom is 0.160 e. The van der Waals surface area contributed by atoms with Crippen molar-refractivity contribution < 1.29 is 0 Å². The molecule has 5 heteroatoms. The molecule has 0 bridgehead atoms. The average molecular weight is 664 g/mol. The van der Waals surface area contributed by atoms with Gasteiger partial charge in [-0.1, -0.05) is 127 Å². The van der Waals surface area contributed by atoms with Gasteiger partial charge in [-0.05, 0) is 59.7 Å². The second kappa shape index (κ2) is 11.2. The van der Waals surface area contributed by atoms with Crippen molar-refractivity contribution in [3.8, 4) is 39.5 Å². The van der Waals surface area contributed by atoms with Gasteiger partial charge in [-0.25, -0.2) is 15.0 Å². The topological polar surface area (TPSA) is 48.0 Å². The molecule has 4 aromatic heterocycles. The zero-order chi connectivity index (χ0) is 34.2. The summed E-state index contributed by atoms with van der Waals surface area (Å²) >= 11 is 0. The Morgan fingerprint density at radius 3 is 1.75 bits per heavy atom. The molecule has 0 amide bonds. The molecular formula is C47H29N5. The first-order valence-corrected chi connectivity index (χ1v) is 17.5. The molecular weight excluding hydrogens is 635 g/mol. The van der Waals surface area contributed by atoms with Crippen LogP contribution in [0.25, 0.3) is 99.8 Å². The summed E-state index contributed by atoms with van der Waals surface area (Å²) in [7, 11) is 0. The molecule has 0 aliphatic heterocycles. The number of hydrogen-bond donors (Lipinski definition) is 0. The molecule has 0 fully saturated rings. The van der Waals surface area contributed by atoms with Gasteiger partial charge in [-0.2, -0.15) is 0 Å². The fourth-order valence-electron chi connectivity index (χ4n) is 7.94. The number of para-hydroxylation sites is 3. The molecule has 11 rings (SSSR count). The number of hydrogen-bond acceptors (Lipinski definition) is 3. The number of aromatic nitrogens is 5. The quantitative estimate of drug-likeness (QED) is 0.176. The van der Waals surface area contributed by atoms with E-state index >= 15 is 0 Å². The predicted molar refractivity (Wildman–Crippen MR) is 214 cm³/mol. The Kier molecular flexibility index (Phi) is 6.18. The lowest BCUT2D eigenvalue weighted by molar-refractivity contribution is 1.18. The molecule has 52 heavy (non-hydrogen) atoms. The van der Waals surface area contributed by atoms with Crippen LogP contribution in [0.2, 0.25) is 0 Å². The summed E-state index contributed by atoms with van der Waals surface area (Å²) in [4.78, 5) is 15.9. The lowest BCUT2D eigenvalue weighted by atomic mass is 10.0. The molecule has 242 valence electrons. The van der Waals surface area contributed by atoms with Crippen LogP contribution in [0.5, 0.6) is 0 Å². The van der Waals surface area contributed by atoms with Crippen molar-refractivity contribution in [2.45, 2.75) is 0 Å². The number of rotatable bonds is 4. The lowest BCUT2D eigenvalue weighted by Crippen LogP contribution is -2.00. The number of imidazole rings is 1. The number of fused-ring (bicyclic) bond motifs is 11. The summed E-state index contributed by atoms with van der Waals surface area (Å²) in [5.74, 6) is 0.698. The van der Waals surface area contributed by atoms with Gasteiger partial charge in [0.1, 0.15) is 5.65 Å². The van der Waals surface area contributed by atoms with Crippen LogP contribution in [-0.2, 0) is 0 Å². The molecule has 11 aromatic rings. The van der Waals surface area contributed by atoms with E-state index in [9.17, 15) is 0 Å². The largest absolute Gasteiger partial charge is 0.309 e. The Morgan fingerprint density at radius 1 is 0.385 bits per heavy atom. The van der Waals surface area contributed by atoms with Crippen molar-refractivity contribution in [3.05, 3.63) is 176 Å². The Morgan fingerprint density at radius 2 is 0.981 bits per heavy atom. The van der Waals surface area contributed by atoms with E-state index in [4.69, 9.17) is 15.0 Å². The van der Waals surface area contributed by atoms with Crippen molar-refractivity contribution in [1.29, 1.82) is 0 Å². The lowest BCUT2D eigenvalue weighted by Gasteiger charge is -2.13. The van der Waals surface area contributed by atoms with Crippen LogP contribution in [0.3, 0.4) is 0 Å². The standard InChI is InChI=1S/C47H29N5/c1-4-14-30(15-5-1)44-43-45(50-46(49-44)31-16-6-2-7-17-31)36-21-11-13-23-40(36)52-42-27-25-33(29-38(42)48-47(43)52)32-24-26-41-37(28-32)35-20-10-12-22-39(35)51(41)34-18-8-3-9-19-34/h1-29H. The highest BCUT2D eigenvalue weighted by molar-refractivity contribution is 6.17. The van der Waals surface area contributed by atoms with Crippen molar-refractivity contribution in [2.24, 2.45) is 0 Å². The molecule has 0 atom stereocenters. The van der Waals surface area contributed by atoms with Gasteiger partial charge in [0.15, 0.2) is 5.82 Å². The van der Waals surface area contributed by atoms with Gasteiger partial charge in [0, 0.05) is 33.0 Å². The second-order valence-electron chi connectivity index (χ2n) is 13.3. The van der Waals surface area contributed by atoms with E-state index in [1.54, 1.807) is 0 Å². The van der Waals surface area contributed by atoms with Gasteiger partial charge in [-0.3, -0.25) is 4.40 Å². The monoisotopic (exact) mass is 663 g/mol. The molecule has 0 saturated carbocycles. The minimum absolute atomic E-state index is 0.698. The molecule has 0 radical (unpaired) electrons. The van der Waals surface area contributed by atoms with Crippen LogP contribution in [0.4, 0.5) is 0 Å². The molecule has 0 unspecified atom stereocenters. The van der Waals surface area contributed by atoms with Crippen molar-refractivity contribution in [3.63, 3.8) is 0 Å². The molecule has 0 saturated heterocycles. The van der Waals surface area contributed by atoms with Gasteiger partial charge in [-0.15, -0.1) is 0 Å². The van der Waals surface area contributed by atoms with E-state index in [2.05, 4.69) is 161 Å². The maximum absolute atomic E-state index is 5.40. The second-order valence-corrected chi connectivity index (χ2v) is 13.3. The molecule has 0 aliphatic carbocycles. The third kappa shape index (κ3) is 4.26. The van der Waals surface area contributed by atoms with Crippen LogP contribution in [0, 0.1) is 0 Å². The molecule has 0 spiro atoms. The van der Waals surface area contributed by atoms with Crippen molar-refractivity contribution >= 4 is 60.3 Å². The van der Waals surface area contributed by atoms with Gasteiger partial charge < -0.3 is 4.57 Å². The predicted octanol–water partition coefficient (Wildman–Crippen LogP) is 11.7. The fourth-order valence-corrected chi connectivity index (χ4v) is 7.94. The molecule has 5 nitrogen and oxygen atoms in total. The Bertz CT molecular complexity index is 3160. The zero-order valence-electron chi connectivity index (χ0n) is 28.0. The van der Waals surface area contributed by atoms with E-state index in [0.29, 0.717) is 5.82 Å². The summed E-state index contributed by atoms with van der Waals surface area (Å²) in [6, 6.07) is 61.8. The van der Waals surface area contributed by atoms with Crippen LogP contribution >= 0.6 is 0 Å². The number of nitrogens with zero attached hydrogens (tertiary/aromatic N) is 5. The highest BCUT2D eigenvalue weighted by Crippen LogP contribution is 2.39. The minimum atomic E-state index is 0.698. The highest BCUT2D eigenvalue weighted by atomic mass is 15.0. The molecule has 4 heterocycles. The van der Waals surface area contributed by atoms with E-state index in [1.165, 1.54) is 21.8 Å². The van der Waals surface area contributed by atoms with Gasteiger partial charge in [0.25, 0.3) is 0 Å². The maximum atomic E-state index is 5.40. The van der Waals surface area contributed by atoms with Crippen LogP contribution in [-0.4, -0.2) is 23.9 Å². The SMILES string of the molecule is c1ccc(-c2nc(-c3ccccc3)c3c(n2)c2ccccc2n2c4ccc(-c5ccc6c(c5)c5ccccc5n6-c5ccccc5)cc4nc32)cc1. The average Bonchev–Trinajstić information content (AvgIpc) is 3.77. The third-order valence-electron chi connectivity index (χ3n) is 10.3. The summed E-state index contributed by atoms with van der Waals surface area (Å²) in [5.41, 5.74) is 13.5. The van der Waals surface area contributed by atoms with E-state index in [-0.39, 0.29) is 0 Å². The Labute approximate surface area is 298 Å². The van der Waals surface area contributed by atoms with Crippen LogP contribution in [0.1, 0.15) is 0 Å². The minimum Gasteiger partial charge on any atom is -0.309 e. The van der Waals surface area contributed by atoms with Crippen molar-refractivity contribution in [2.75, 3.05) is 0 Å². The van der Waals surface area contributed by atoms with E-state index < -0.39 is 0 Å². The van der Waals surface area contributed by atoms with E-state index in [0.717, 1.165) is 72.1 Å². The zero-order valence-corrected chi connectivity index (χ0v) is 28.0. The summed E-state index contributed by atoms with van der Waals surface area (Å²) in [6.45, 7) is 0. The summed E-state index contributed by atoms with van der Waals surface area (Å²) < 4.78 is 4.64.